The Kier molecular flexibility index (Phi) is 6.12. The number of hydrogen-bond acceptors (Lipinski definition) is 4. The van der Waals surface area contributed by atoms with Crippen molar-refractivity contribution in [2.24, 2.45) is 0 Å². The maximum absolute atomic E-state index is 12.9. The number of rotatable bonds is 5. The van der Waals surface area contributed by atoms with Crippen molar-refractivity contribution in [3.8, 4) is 11.5 Å². The molecule has 0 aliphatic carbocycles. The van der Waals surface area contributed by atoms with Crippen LogP contribution in [0.3, 0.4) is 0 Å². The molecule has 156 valence electrons. The fourth-order valence-corrected chi connectivity index (χ4v) is 3.05. The van der Waals surface area contributed by atoms with E-state index in [-0.39, 0.29) is 34.5 Å². The predicted octanol–water partition coefficient (Wildman–Crippen LogP) is 5.26. The van der Waals surface area contributed by atoms with Gasteiger partial charge in [-0.2, -0.15) is 0 Å². The third kappa shape index (κ3) is 5.17. The molecule has 5 heteroatoms. The number of carbonyl (C=O) groups excluding carboxylic acids is 1. The molecule has 0 atom stereocenters. The lowest BCUT2D eigenvalue weighted by molar-refractivity contribution is 0.0696. The topological polar surface area (TPSA) is 83.8 Å². The van der Waals surface area contributed by atoms with E-state index < -0.39 is 5.97 Å². The van der Waals surface area contributed by atoms with Crippen molar-refractivity contribution in [1.82, 2.24) is 0 Å². The Labute approximate surface area is 172 Å². The first kappa shape index (κ1) is 22.5. The van der Waals surface area contributed by atoms with E-state index in [1.807, 2.05) is 41.5 Å². The van der Waals surface area contributed by atoms with Gasteiger partial charge in [-0.1, -0.05) is 47.6 Å². The molecular weight excluding hydrogens is 368 g/mol. The van der Waals surface area contributed by atoms with Crippen LogP contribution in [0.4, 0.5) is 0 Å². The molecule has 2 rings (SSSR count). The zero-order valence-electron chi connectivity index (χ0n) is 18.2. The maximum atomic E-state index is 12.9. The average molecular weight is 398 g/mol. The Bertz CT molecular complexity index is 908. The van der Waals surface area contributed by atoms with Crippen molar-refractivity contribution in [2.45, 2.75) is 59.3 Å². The first-order valence-corrected chi connectivity index (χ1v) is 9.59. The fraction of sp³-hybridized carbons (Fsp3) is 0.417. The highest BCUT2D eigenvalue weighted by molar-refractivity contribution is 5.98. The summed E-state index contributed by atoms with van der Waals surface area (Å²) in [5.41, 5.74) is 2.05. The molecule has 5 nitrogen and oxygen atoms in total. The number of ether oxygens (including phenoxy) is 1. The van der Waals surface area contributed by atoms with Crippen LogP contribution in [0.15, 0.2) is 30.3 Å². The molecule has 2 aromatic rings. The normalized spacial score (nSPS) is 12.0. The number of hydrogen-bond donors (Lipinski definition) is 2. The number of phenols is 1. The van der Waals surface area contributed by atoms with Gasteiger partial charge in [-0.3, -0.25) is 4.79 Å². The van der Waals surface area contributed by atoms with Crippen LogP contribution in [0.1, 0.15) is 78.9 Å². The molecule has 2 N–H and O–H groups in total. The number of carboxylic acid groups (broad SMARTS) is 1. The third-order valence-corrected chi connectivity index (χ3v) is 4.84. The molecule has 0 bridgehead atoms. The van der Waals surface area contributed by atoms with Gasteiger partial charge < -0.3 is 14.9 Å². The molecular formula is C24H30O5. The van der Waals surface area contributed by atoms with Gasteiger partial charge >= 0.3 is 5.97 Å². The van der Waals surface area contributed by atoms with Crippen LogP contribution in [0.25, 0.3) is 0 Å². The van der Waals surface area contributed by atoms with E-state index in [9.17, 15) is 14.7 Å². The van der Waals surface area contributed by atoms with E-state index in [0.29, 0.717) is 22.4 Å². The summed E-state index contributed by atoms with van der Waals surface area (Å²) in [7, 11) is 0. The van der Waals surface area contributed by atoms with Crippen LogP contribution in [0.5, 0.6) is 11.5 Å². The molecule has 0 unspecified atom stereocenters. The highest BCUT2D eigenvalue weighted by Gasteiger charge is 2.28. The van der Waals surface area contributed by atoms with Gasteiger partial charge in [0, 0.05) is 16.7 Å². The summed E-state index contributed by atoms with van der Waals surface area (Å²) in [6, 6.07) is 8.01. The van der Waals surface area contributed by atoms with Gasteiger partial charge in [0.05, 0.1) is 5.56 Å². The summed E-state index contributed by atoms with van der Waals surface area (Å²) in [4.78, 5) is 24.1. The third-order valence-electron chi connectivity index (χ3n) is 4.84. The van der Waals surface area contributed by atoms with Crippen molar-refractivity contribution in [2.75, 3.05) is 6.61 Å². The maximum Gasteiger partial charge on any atom is 0.335 e. The number of carboxylic acids is 1. The molecule has 2 aromatic carbocycles. The van der Waals surface area contributed by atoms with Crippen LogP contribution in [0.2, 0.25) is 0 Å². The van der Waals surface area contributed by atoms with E-state index in [0.717, 1.165) is 5.56 Å². The van der Waals surface area contributed by atoms with Crippen LogP contribution in [-0.4, -0.2) is 28.6 Å². The van der Waals surface area contributed by atoms with Gasteiger partial charge in [0.25, 0.3) is 0 Å². The highest BCUT2D eigenvalue weighted by atomic mass is 16.5. The highest BCUT2D eigenvalue weighted by Crippen LogP contribution is 2.39. The molecule has 0 amide bonds. The van der Waals surface area contributed by atoms with Crippen molar-refractivity contribution in [3.63, 3.8) is 0 Å². The lowest BCUT2D eigenvalue weighted by Crippen LogP contribution is -2.20. The monoisotopic (exact) mass is 398 g/mol. The molecule has 0 saturated heterocycles. The van der Waals surface area contributed by atoms with E-state index in [1.54, 1.807) is 25.1 Å². The standard InChI is InChI=1S/C24H30O5/c1-14-8-9-15(22(27)28)12-20(14)29-13-19(25)16-10-17(23(2,3)4)21(26)18(11-16)24(5,6)7/h8-12,26H,13H2,1-7H3,(H,27,28). The largest absolute Gasteiger partial charge is 0.507 e. The summed E-state index contributed by atoms with van der Waals surface area (Å²) >= 11 is 0. The number of aryl methyl sites for hydroxylation is 1. The minimum atomic E-state index is -1.05. The Morgan fingerprint density at radius 2 is 1.41 bits per heavy atom. The lowest BCUT2D eigenvalue weighted by atomic mass is 9.78. The molecule has 0 saturated carbocycles. The zero-order chi connectivity index (χ0) is 22.1. The SMILES string of the molecule is Cc1ccc(C(=O)O)cc1OCC(=O)c1cc(C(C)(C)C)c(O)c(C(C)(C)C)c1. The van der Waals surface area contributed by atoms with Crippen molar-refractivity contribution in [1.29, 1.82) is 0 Å². The predicted molar refractivity (Wildman–Crippen MR) is 113 cm³/mol. The lowest BCUT2D eigenvalue weighted by Gasteiger charge is -2.28. The summed E-state index contributed by atoms with van der Waals surface area (Å²) in [5.74, 6) is -0.706. The van der Waals surface area contributed by atoms with Crippen molar-refractivity contribution < 1.29 is 24.5 Å². The minimum Gasteiger partial charge on any atom is -0.507 e. The summed E-state index contributed by atoms with van der Waals surface area (Å²) < 4.78 is 5.65. The Morgan fingerprint density at radius 3 is 1.86 bits per heavy atom. The summed E-state index contributed by atoms with van der Waals surface area (Å²) in [6.07, 6.45) is 0. The van der Waals surface area contributed by atoms with Crippen molar-refractivity contribution >= 4 is 11.8 Å². The fourth-order valence-electron chi connectivity index (χ4n) is 3.05. The van der Waals surface area contributed by atoms with E-state index in [4.69, 9.17) is 9.84 Å². The van der Waals surface area contributed by atoms with Crippen LogP contribution in [-0.2, 0) is 10.8 Å². The number of carbonyl (C=O) groups is 2. The number of Topliss-reactive ketones (excluding diaryl/α,β-unsaturated/α-hetero) is 1. The number of aromatic hydroxyl groups is 1. The number of ketones is 1. The van der Waals surface area contributed by atoms with Gasteiger partial charge in [-0.05, 0) is 47.6 Å². The molecule has 0 aliphatic rings. The minimum absolute atomic E-state index is 0.104. The summed E-state index contributed by atoms with van der Waals surface area (Å²) in [5, 5.41) is 19.9. The quantitative estimate of drug-likeness (QED) is 0.672. The van der Waals surface area contributed by atoms with E-state index in [2.05, 4.69) is 0 Å². The Morgan fingerprint density at radius 1 is 0.897 bits per heavy atom. The van der Waals surface area contributed by atoms with Crippen LogP contribution < -0.4 is 4.74 Å². The van der Waals surface area contributed by atoms with Gasteiger partial charge in [0.15, 0.2) is 12.4 Å². The smallest absolute Gasteiger partial charge is 0.335 e. The second kappa shape index (κ2) is 7.90. The molecule has 0 spiro atoms. The zero-order valence-corrected chi connectivity index (χ0v) is 18.2. The van der Waals surface area contributed by atoms with Gasteiger partial charge in [-0.25, -0.2) is 4.79 Å². The first-order valence-electron chi connectivity index (χ1n) is 9.59. The summed E-state index contributed by atoms with van der Waals surface area (Å²) in [6.45, 7) is 13.5. The number of phenolic OH excluding ortho intramolecular Hbond substituents is 1. The van der Waals surface area contributed by atoms with Crippen molar-refractivity contribution in [3.05, 3.63) is 58.1 Å². The molecule has 0 aliphatic heterocycles. The van der Waals surface area contributed by atoms with E-state index in [1.165, 1.54) is 12.1 Å². The second-order valence-electron chi connectivity index (χ2n) is 9.42. The van der Waals surface area contributed by atoms with Crippen LogP contribution in [0, 0.1) is 6.92 Å². The second-order valence-corrected chi connectivity index (χ2v) is 9.42. The average Bonchev–Trinajstić information content (AvgIpc) is 2.58. The Balaban J connectivity index is 2.39. The number of aromatic carboxylic acids is 1. The van der Waals surface area contributed by atoms with Gasteiger partial charge in [0.1, 0.15) is 11.5 Å². The van der Waals surface area contributed by atoms with Gasteiger partial charge in [0.2, 0.25) is 0 Å². The molecule has 0 aromatic heterocycles. The number of benzene rings is 2. The van der Waals surface area contributed by atoms with Gasteiger partial charge in [-0.15, -0.1) is 0 Å². The Hall–Kier alpha value is -2.82. The first-order chi connectivity index (χ1) is 13.2. The molecule has 29 heavy (non-hydrogen) atoms. The molecule has 0 heterocycles. The van der Waals surface area contributed by atoms with Crippen LogP contribution >= 0.6 is 0 Å². The molecule has 0 fully saturated rings. The molecule has 0 radical (unpaired) electrons. The van der Waals surface area contributed by atoms with E-state index >= 15 is 0 Å².